The molecule has 0 aliphatic heterocycles. The summed E-state index contributed by atoms with van der Waals surface area (Å²) in [4.78, 5) is 2.44. The van der Waals surface area contributed by atoms with Crippen molar-refractivity contribution in [1.82, 2.24) is 0 Å². The van der Waals surface area contributed by atoms with Crippen LogP contribution in [0.25, 0.3) is 97.0 Å². The van der Waals surface area contributed by atoms with Crippen molar-refractivity contribution in [1.29, 1.82) is 0 Å². The molecule has 0 fully saturated rings. The number of nitrogens with zero attached hydrogens (tertiary/aromatic N) is 1. The van der Waals surface area contributed by atoms with Crippen LogP contribution in [0.2, 0.25) is 0 Å². The maximum Gasteiger partial charge on any atom is 0.143 e. The van der Waals surface area contributed by atoms with E-state index in [0.29, 0.717) is 0 Å². The van der Waals surface area contributed by atoms with E-state index in [-0.39, 0.29) is 0 Å². The van der Waals surface area contributed by atoms with Gasteiger partial charge in [-0.15, -0.1) is 11.3 Å². The van der Waals surface area contributed by atoms with E-state index in [0.717, 1.165) is 55.5 Å². The summed E-state index contributed by atoms with van der Waals surface area (Å²) < 4.78 is 9.45. The minimum Gasteiger partial charge on any atom is -0.455 e. The van der Waals surface area contributed by atoms with Crippen LogP contribution in [0.3, 0.4) is 0 Å². The van der Waals surface area contributed by atoms with E-state index in [1.807, 2.05) is 11.3 Å². The van der Waals surface area contributed by atoms with Crippen molar-refractivity contribution < 1.29 is 4.42 Å². The predicted octanol–water partition coefficient (Wildman–Crippen LogP) is 16.7. The van der Waals surface area contributed by atoms with Gasteiger partial charge in [0.1, 0.15) is 11.2 Å². The van der Waals surface area contributed by atoms with Gasteiger partial charge < -0.3 is 9.32 Å². The van der Waals surface area contributed by atoms with Crippen LogP contribution in [-0.2, 0) is 0 Å². The Kier molecular flexibility index (Phi) is 7.75. The molecule has 0 aliphatic carbocycles. The highest BCUT2D eigenvalue weighted by molar-refractivity contribution is 7.26. The van der Waals surface area contributed by atoms with Gasteiger partial charge in [0.2, 0.25) is 0 Å². The van der Waals surface area contributed by atoms with Gasteiger partial charge in [0.15, 0.2) is 0 Å². The molecule has 3 heteroatoms. The Hall–Kier alpha value is -7.46. The Morgan fingerprint density at radius 1 is 0.322 bits per heavy atom. The third-order valence-electron chi connectivity index (χ3n) is 11.9. The molecule has 0 bridgehead atoms. The SMILES string of the molecule is c1ccc(N(c2ccc(-c3ccc(-c4cccc5ccccc45)cc3)cc2)c2cccc3c2sc2ccccc23)c(-c2cccc3c2oc2c4ccccc4ccc32)c1. The quantitative estimate of drug-likeness (QED) is 0.167. The second-order valence-electron chi connectivity index (χ2n) is 15.2. The minimum absolute atomic E-state index is 0.897. The Labute approximate surface area is 345 Å². The van der Waals surface area contributed by atoms with Gasteiger partial charge in [0, 0.05) is 48.4 Å². The number of para-hydroxylation sites is 2. The zero-order chi connectivity index (χ0) is 38.9. The van der Waals surface area contributed by atoms with Crippen molar-refractivity contribution in [3.05, 3.63) is 212 Å². The van der Waals surface area contributed by atoms with Crippen molar-refractivity contribution >= 4 is 92.1 Å². The molecule has 276 valence electrons. The summed E-state index contributed by atoms with van der Waals surface area (Å²) >= 11 is 1.85. The van der Waals surface area contributed by atoms with E-state index < -0.39 is 0 Å². The van der Waals surface area contributed by atoms with Gasteiger partial charge in [0.25, 0.3) is 0 Å². The first-order valence-electron chi connectivity index (χ1n) is 20.1. The average Bonchev–Trinajstić information content (AvgIpc) is 3.89. The van der Waals surface area contributed by atoms with Crippen molar-refractivity contribution in [3.8, 4) is 33.4 Å². The molecule has 59 heavy (non-hydrogen) atoms. The van der Waals surface area contributed by atoms with Gasteiger partial charge >= 0.3 is 0 Å². The van der Waals surface area contributed by atoms with Crippen LogP contribution in [0.5, 0.6) is 0 Å². The lowest BCUT2D eigenvalue weighted by Crippen LogP contribution is -2.11. The van der Waals surface area contributed by atoms with E-state index in [2.05, 4.69) is 217 Å². The van der Waals surface area contributed by atoms with Gasteiger partial charge in [-0.25, -0.2) is 0 Å². The predicted molar refractivity (Wildman–Crippen MR) is 253 cm³/mol. The number of anilines is 3. The third kappa shape index (κ3) is 5.47. The van der Waals surface area contributed by atoms with Crippen LogP contribution in [0.1, 0.15) is 0 Å². The molecule has 0 amide bonds. The molecule has 0 spiro atoms. The first kappa shape index (κ1) is 33.7. The van der Waals surface area contributed by atoms with Crippen molar-refractivity contribution in [2.75, 3.05) is 4.90 Å². The zero-order valence-corrected chi connectivity index (χ0v) is 32.8. The van der Waals surface area contributed by atoms with E-state index in [9.17, 15) is 0 Å². The summed E-state index contributed by atoms with van der Waals surface area (Å²) in [6, 6.07) is 76.8. The average molecular weight is 770 g/mol. The molecule has 12 rings (SSSR count). The molecule has 0 saturated carbocycles. The number of furan rings is 1. The molecule has 2 heterocycles. The lowest BCUT2D eigenvalue weighted by atomic mass is 9.96. The molecular weight excluding hydrogens is 735 g/mol. The lowest BCUT2D eigenvalue weighted by Gasteiger charge is -2.28. The summed E-state index contributed by atoms with van der Waals surface area (Å²) in [5.41, 5.74) is 12.1. The smallest absolute Gasteiger partial charge is 0.143 e. The van der Waals surface area contributed by atoms with Gasteiger partial charge in [-0.1, -0.05) is 176 Å². The molecule has 2 nitrogen and oxygen atoms in total. The molecule has 12 aromatic rings. The van der Waals surface area contributed by atoms with Crippen LogP contribution < -0.4 is 4.90 Å². The molecule has 0 unspecified atom stereocenters. The first-order valence-corrected chi connectivity index (χ1v) is 20.9. The van der Waals surface area contributed by atoms with Crippen LogP contribution in [0.15, 0.2) is 217 Å². The fourth-order valence-corrected chi connectivity index (χ4v) is 10.3. The molecule has 0 saturated heterocycles. The second kappa shape index (κ2) is 13.6. The van der Waals surface area contributed by atoms with Crippen molar-refractivity contribution in [2.24, 2.45) is 0 Å². The summed E-state index contributed by atoms with van der Waals surface area (Å²) in [5, 5.41) is 9.62. The van der Waals surface area contributed by atoms with E-state index >= 15 is 0 Å². The highest BCUT2D eigenvalue weighted by Gasteiger charge is 2.23. The van der Waals surface area contributed by atoms with Crippen LogP contribution >= 0.6 is 11.3 Å². The summed E-state index contributed by atoms with van der Waals surface area (Å²) in [6.45, 7) is 0. The minimum atomic E-state index is 0.897. The fourth-order valence-electron chi connectivity index (χ4n) is 9.07. The van der Waals surface area contributed by atoms with Gasteiger partial charge in [-0.3, -0.25) is 0 Å². The van der Waals surface area contributed by atoms with Crippen molar-refractivity contribution in [2.45, 2.75) is 0 Å². The van der Waals surface area contributed by atoms with Crippen molar-refractivity contribution in [3.63, 3.8) is 0 Å². The maximum atomic E-state index is 6.91. The Morgan fingerprint density at radius 2 is 0.864 bits per heavy atom. The molecule has 0 aliphatic rings. The van der Waals surface area contributed by atoms with Crippen LogP contribution in [0, 0.1) is 0 Å². The molecular formula is C56H35NOS. The number of hydrogen-bond acceptors (Lipinski definition) is 3. The maximum absolute atomic E-state index is 6.91. The fraction of sp³-hybridized carbons (Fsp3) is 0. The highest BCUT2D eigenvalue weighted by atomic mass is 32.1. The standard InChI is InChI=1S/C56H35NOS/c1-3-15-42-38(12-1)14-9-19-43(42)40-28-26-36(27-29-40)37-30-33-41(34-31-37)57(52-24-11-22-50-46-18-6-8-25-53(46)59-56(50)52)51-23-7-5-17-45(51)47-20-10-21-48-49-35-32-39-13-2-4-16-44(39)54(49)58-55(47)48/h1-35H. The van der Waals surface area contributed by atoms with E-state index in [1.54, 1.807) is 0 Å². The normalized spacial score (nSPS) is 11.7. The largest absolute Gasteiger partial charge is 0.455 e. The Balaban J connectivity index is 1.02. The first-order chi connectivity index (χ1) is 29.3. The molecule has 0 N–H and O–H groups in total. The van der Waals surface area contributed by atoms with Crippen LogP contribution in [0.4, 0.5) is 17.1 Å². The van der Waals surface area contributed by atoms with Crippen LogP contribution in [-0.4, -0.2) is 0 Å². The molecule has 0 radical (unpaired) electrons. The summed E-state index contributed by atoms with van der Waals surface area (Å²) in [5.74, 6) is 0. The Morgan fingerprint density at radius 3 is 1.71 bits per heavy atom. The summed E-state index contributed by atoms with van der Waals surface area (Å²) in [6.07, 6.45) is 0. The molecule has 0 atom stereocenters. The lowest BCUT2D eigenvalue weighted by molar-refractivity contribution is 0.674. The topological polar surface area (TPSA) is 16.4 Å². The second-order valence-corrected chi connectivity index (χ2v) is 16.3. The number of rotatable bonds is 6. The van der Waals surface area contributed by atoms with Gasteiger partial charge in [-0.05, 0) is 74.8 Å². The number of fused-ring (bicyclic) bond motifs is 9. The van der Waals surface area contributed by atoms with Gasteiger partial charge in [-0.2, -0.15) is 0 Å². The summed E-state index contributed by atoms with van der Waals surface area (Å²) in [7, 11) is 0. The molecule has 10 aromatic carbocycles. The van der Waals surface area contributed by atoms with Gasteiger partial charge in [0.05, 0.1) is 16.1 Å². The third-order valence-corrected chi connectivity index (χ3v) is 13.1. The molecule has 2 aromatic heterocycles. The van der Waals surface area contributed by atoms with E-state index in [4.69, 9.17) is 4.42 Å². The number of benzene rings is 10. The Bertz CT molecular complexity index is 3550. The number of hydrogen-bond donors (Lipinski definition) is 0. The zero-order valence-electron chi connectivity index (χ0n) is 32.0. The highest BCUT2D eigenvalue weighted by Crippen LogP contribution is 2.49. The number of thiophene rings is 1. The van der Waals surface area contributed by atoms with E-state index in [1.165, 1.54) is 58.6 Å². The monoisotopic (exact) mass is 769 g/mol.